The molecule has 2 atom stereocenters. The molecule has 0 spiro atoms. The summed E-state index contributed by atoms with van der Waals surface area (Å²) in [6, 6.07) is 3.83. The van der Waals surface area contributed by atoms with Crippen LogP contribution in [-0.4, -0.2) is 29.1 Å². The number of carbonyl (C=O) groups is 1. The number of carboxylic acids is 1. The van der Waals surface area contributed by atoms with Crippen molar-refractivity contribution in [2.45, 2.75) is 12.3 Å². The summed E-state index contributed by atoms with van der Waals surface area (Å²) in [6.45, 7) is 1.36. The van der Waals surface area contributed by atoms with Gasteiger partial charge in [0.2, 0.25) is 5.71 Å². The number of fused-ring (bicyclic) bond motifs is 1. The van der Waals surface area contributed by atoms with E-state index in [2.05, 4.69) is 10.3 Å². The van der Waals surface area contributed by atoms with E-state index < -0.39 is 5.97 Å². The van der Waals surface area contributed by atoms with Crippen molar-refractivity contribution in [1.29, 1.82) is 0 Å². The molecular weight excluding hydrogens is 232 g/mol. The standard InChI is InChI=1S/C13H14N2O3/c16-13(17)11-7-14-3-1-10(11)9-5-8-2-4-18-12(8)15-6-9/h2,4-6,10-11,14H,1,3,7H2,(H,16,17). The minimum atomic E-state index is -0.750. The van der Waals surface area contributed by atoms with Gasteiger partial charge < -0.3 is 14.8 Å². The maximum atomic E-state index is 11.3. The van der Waals surface area contributed by atoms with Gasteiger partial charge in [-0.15, -0.1) is 0 Å². The summed E-state index contributed by atoms with van der Waals surface area (Å²) < 4.78 is 5.19. The summed E-state index contributed by atoms with van der Waals surface area (Å²) in [5.74, 6) is -1.11. The van der Waals surface area contributed by atoms with E-state index in [1.54, 1.807) is 12.5 Å². The predicted octanol–water partition coefficient (Wildman–Crippen LogP) is 1.61. The molecule has 5 nitrogen and oxygen atoms in total. The van der Waals surface area contributed by atoms with Gasteiger partial charge in [0.25, 0.3) is 0 Å². The number of rotatable bonds is 2. The molecule has 0 saturated carbocycles. The van der Waals surface area contributed by atoms with Crippen LogP contribution in [0.4, 0.5) is 0 Å². The van der Waals surface area contributed by atoms with E-state index in [1.165, 1.54) is 0 Å². The molecule has 3 heterocycles. The van der Waals surface area contributed by atoms with Gasteiger partial charge in [-0.3, -0.25) is 4.79 Å². The number of aliphatic carboxylic acids is 1. The van der Waals surface area contributed by atoms with E-state index in [-0.39, 0.29) is 11.8 Å². The highest BCUT2D eigenvalue weighted by Crippen LogP contribution is 2.31. The average Bonchev–Trinajstić information content (AvgIpc) is 2.85. The number of hydrogen-bond acceptors (Lipinski definition) is 4. The number of nitrogens with zero attached hydrogens (tertiary/aromatic N) is 1. The second-order valence-electron chi connectivity index (χ2n) is 4.63. The number of furan rings is 1. The van der Waals surface area contributed by atoms with Crippen LogP contribution in [-0.2, 0) is 4.79 Å². The normalized spacial score (nSPS) is 24.2. The van der Waals surface area contributed by atoms with Gasteiger partial charge in [0, 0.05) is 24.0 Å². The van der Waals surface area contributed by atoms with E-state index in [0.29, 0.717) is 12.3 Å². The SMILES string of the molecule is O=C(O)C1CNCCC1c1cnc2occc2c1. The minimum absolute atomic E-state index is 0.0237. The van der Waals surface area contributed by atoms with Gasteiger partial charge in [0.05, 0.1) is 12.2 Å². The van der Waals surface area contributed by atoms with Crippen molar-refractivity contribution < 1.29 is 14.3 Å². The highest BCUT2D eigenvalue weighted by molar-refractivity contribution is 5.75. The van der Waals surface area contributed by atoms with Crippen molar-refractivity contribution in [2.75, 3.05) is 13.1 Å². The molecule has 3 rings (SSSR count). The van der Waals surface area contributed by atoms with Gasteiger partial charge >= 0.3 is 5.97 Å². The first-order valence-electron chi connectivity index (χ1n) is 6.02. The van der Waals surface area contributed by atoms with Crippen LogP contribution in [0, 0.1) is 5.92 Å². The van der Waals surface area contributed by atoms with Crippen LogP contribution in [0.3, 0.4) is 0 Å². The fraction of sp³-hybridized carbons (Fsp3) is 0.385. The van der Waals surface area contributed by atoms with Crippen molar-refractivity contribution in [3.05, 3.63) is 30.2 Å². The van der Waals surface area contributed by atoms with Crippen molar-refractivity contribution in [3.63, 3.8) is 0 Å². The first kappa shape index (κ1) is 11.2. The summed E-state index contributed by atoms with van der Waals surface area (Å²) in [4.78, 5) is 15.5. The molecule has 2 unspecified atom stereocenters. The molecule has 1 aliphatic heterocycles. The second kappa shape index (κ2) is 4.42. The number of carboxylic acid groups (broad SMARTS) is 1. The van der Waals surface area contributed by atoms with E-state index in [9.17, 15) is 9.90 Å². The Balaban J connectivity index is 1.97. The highest BCUT2D eigenvalue weighted by Gasteiger charge is 2.32. The molecule has 5 heteroatoms. The van der Waals surface area contributed by atoms with E-state index >= 15 is 0 Å². The Morgan fingerprint density at radius 1 is 1.56 bits per heavy atom. The zero-order valence-electron chi connectivity index (χ0n) is 9.80. The Morgan fingerprint density at radius 2 is 2.44 bits per heavy atom. The fourth-order valence-electron chi connectivity index (χ4n) is 2.60. The molecule has 0 amide bonds. The third-order valence-electron chi connectivity index (χ3n) is 3.55. The van der Waals surface area contributed by atoms with E-state index in [1.807, 2.05) is 12.1 Å². The molecule has 1 saturated heterocycles. The minimum Gasteiger partial charge on any atom is -0.481 e. The lowest BCUT2D eigenvalue weighted by molar-refractivity contribution is -0.142. The maximum absolute atomic E-state index is 11.3. The number of pyridine rings is 1. The molecular formula is C13H14N2O3. The van der Waals surface area contributed by atoms with Gasteiger partial charge in [-0.1, -0.05) is 0 Å². The Labute approximate surface area is 104 Å². The van der Waals surface area contributed by atoms with E-state index in [4.69, 9.17) is 4.42 Å². The summed E-state index contributed by atoms with van der Waals surface area (Å²) >= 11 is 0. The lowest BCUT2D eigenvalue weighted by Gasteiger charge is -2.29. The maximum Gasteiger partial charge on any atom is 0.308 e. The Hall–Kier alpha value is -1.88. The van der Waals surface area contributed by atoms with Crippen molar-refractivity contribution in [2.24, 2.45) is 5.92 Å². The van der Waals surface area contributed by atoms with Gasteiger partial charge in [0.15, 0.2) is 0 Å². The van der Waals surface area contributed by atoms with Crippen LogP contribution in [0.25, 0.3) is 11.1 Å². The Morgan fingerprint density at radius 3 is 3.28 bits per heavy atom. The highest BCUT2D eigenvalue weighted by atomic mass is 16.4. The zero-order valence-corrected chi connectivity index (χ0v) is 9.80. The van der Waals surface area contributed by atoms with E-state index in [0.717, 1.165) is 23.9 Å². The molecule has 0 bridgehead atoms. The molecule has 2 N–H and O–H groups in total. The Bertz CT molecular complexity index is 578. The molecule has 0 aliphatic carbocycles. The lowest BCUT2D eigenvalue weighted by Crippen LogP contribution is -2.39. The van der Waals surface area contributed by atoms with Gasteiger partial charge in [0.1, 0.15) is 0 Å². The number of piperidine rings is 1. The molecule has 94 valence electrons. The third-order valence-corrected chi connectivity index (χ3v) is 3.55. The molecule has 1 aliphatic rings. The molecule has 1 fully saturated rings. The first-order valence-corrected chi connectivity index (χ1v) is 6.02. The quantitative estimate of drug-likeness (QED) is 0.841. The van der Waals surface area contributed by atoms with Crippen LogP contribution < -0.4 is 5.32 Å². The Kier molecular flexibility index (Phi) is 2.76. The number of hydrogen-bond donors (Lipinski definition) is 2. The fourth-order valence-corrected chi connectivity index (χ4v) is 2.60. The molecule has 2 aromatic heterocycles. The lowest BCUT2D eigenvalue weighted by atomic mass is 9.81. The van der Waals surface area contributed by atoms with Crippen LogP contribution in [0.1, 0.15) is 17.9 Å². The van der Waals surface area contributed by atoms with Gasteiger partial charge in [-0.05, 0) is 30.7 Å². The molecule has 18 heavy (non-hydrogen) atoms. The zero-order chi connectivity index (χ0) is 12.5. The smallest absolute Gasteiger partial charge is 0.308 e. The molecule has 0 aromatic carbocycles. The summed E-state index contributed by atoms with van der Waals surface area (Å²) in [6.07, 6.45) is 4.15. The average molecular weight is 246 g/mol. The summed E-state index contributed by atoms with van der Waals surface area (Å²) in [5, 5.41) is 13.3. The van der Waals surface area contributed by atoms with Crippen molar-refractivity contribution in [1.82, 2.24) is 10.3 Å². The van der Waals surface area contributed by atoms with Crippen LogP contribution >= 0.6 is 0 Å². The number of nitrogens with one attached hydrogen (secondary N) is 1. The van der Waals surface area contributed by atoms with Crippen LogP contribution in [0.2, 0.25) is 0 Å². The summed E-state index contributed by atoms with van der Waals surface area (Å²) in [7, 11) is 0. The third kappa shape index (κ3) is 1.86. The monoisotopic (exact) mass is 246 g/mol. The van der Waals surface area contributed by atoms with Gasteiger partial charge in [-0.25, -0.2) is 4.98 Å². The van der Waals surface area contributed by atoms with Crippen molar-refractivity contribution >= 4 is 17.1 Å². The van der Waals surface area contributed by atoms with Crippen molar-refractivity contribution in [3.8, 4) is 0 Å². The van der Waals surface area contributed by atoms with Gasteiger partial charge in [-0.2, -0.15) is 0 Å². The molecule has 2 aromatic rings. The summed E-state index contributed by atoms with van der Waals surface area (Å²) in [5.41, 5.74) is 1.58. The van der Waals surface area contributed by atoms with Crippen LogP contribution in [0.15, 0.2) is 29.0 Å². The largest absolute Gasteiger partial charge is 0.481 e. The number of aromatic nitrogens is 1. The predicted molar refractivity (Wildman–Crippen MR) is 65.4 cm³/mol. The first-order chi connectivity index (χ1) is 8.75. The van der Waals surface area contributed by atoms with Crippen LogP contribution in [0.5, 0.6) is 0 Å². The topological polar surface area (TPSA) is 75.4 Å². The molecule has 0 radical (unpaired) electrons. The second-order valence-corrected chi connectivity index (χ2v) is 4.63.